The van der Waals surface area contributed by atoms with Gasteiger partial charge in [-0.2, -0.15) is 0 Å². The van der Waals surface area contributed by atoms with Gasteiger partial charge in [0.1, 0.15) is 5.82 Å². The smallest absolute Gasteiger partial charge is 0.355 e. The van der Waals surface area contributed by atoms with Gasteiger partial charge in [0.05, 0.1) is 22.4 Å². The summed E-state index contributed by atoms with van der Waals surface area (Å²) in [5.41, 5.74) is 11.5. The van der Waals surface area contributed by atoms with Crippen molar-refractivity contribution >= 4 is 61.4 Å². The number of nitrogens with zero attached hydrogens (tertiary/aromatic N) is 7. The lowest BCUT2D eigenvalue weighted by Gasteiger charge is -2.56. The summed E-state index contributed by atoms with van der Waals surface area (Å²) in [6.45, 7) is 14.6. The van der Waals surface area contributed by atoms with Crippen LogP contribution in [-0.2, 0) is 11.2 Å². The van der Waals surface area contributed by atoms with Gasteiger partial charge in [-0.1, -0.05) is 50.2 Å². The molecule has 12 nitrogen and oxygen atoms in total. The average molecular weight is 832 g/mol. The van der Waals surface area contributed by atoms with Gasteiger partial charge in [0.15, 0.2) is 22.5 Å². The topological polar surface area (TPSA) is 155 Å². The van der Waals surface area contributed by atoms with E-state index >= 15 is 0 Å². The van der Waals surface area contributed by atoms with E-state index in [1.807, 2.05) is 49.1 Å². The molecule has 5 heterocycles. The number of pyridine rings is 1. The van der Waals surface area contributed by atoms with Crippen LogP contribution in [0, 0.1) is 29.6 Å². The second-order valence-electron chi connectivity index (χ2n) is 19.3. The molecule has 4 aromatic rings. The number of thiazole rings is 1. The number of fused-ring (bicyclic) bond motifs is 3. The van der Waals surface area contributed by atoms with Crippen molar-refractivity contribution in [1.29, 1.82) is 0 Å². The first-order valence-corrected chi connectivity index (χ1v) is 23.1. The molecule has 4 saturated carbocycles. The van der Waals surface area contributed by atoms with Crippen molar-refractivity contribution in [2.45, 2.75) is 110 Å². The van der Waals surface area contributed by atoms with Gasteiger partial charge in [-0.25, -0.2) is 14.8 Å². The van der Waals surface area contributed by atoms with Gasteiger partial charge in [-0.15, -0.1) is 10.2 Å². The van der Waals surface area contributed by atoms with Crippen LogP contribution in [-0.4, -0.2) is 86.8 Å². The molecule has 0 amide bonds. The van der Waals surface area contributed by atoms with E-state index in [1.165, 1.54) is 64.2 Å². The molecule has 60 heavy (non-hydrogen) atoms. The van der Waals surface area contributed by atoms with E-state index in [1.54, 1.807) is 11.3 Å². The molecule has 318 valence electrons. The number of aliphatic imine (C=N–C) groups is 1. The van der Waals surface area contributed by atoms with Crippen molar-refractivity contribution in [2.24, 2.45) is 33.4 Å². The maximum atomic E-state index is 12.9. The van der Waals surface area contributed by atoms with Crippen molar-refractivity contribution in [3.05, 3.63) is 65.0 Å². The number of carbonyl (C=O) groups is 1. The number of benzene rings is 1. The number of aromatic nitrogens is 4. The van der Waals surface area contributed by atoms with Gasteiger partial charge in [-0.05, 0) is 138 Å². The predicted molar refractivity (Wildman–Crippen MR) is 241 cm³/mol. The molecule has 0 radical (unpaired) electrons. The fourth-order valence-electron chi connectivity index (χ4n) is 12.3. The summed E-state index contributed by atoms with van der Waals surface area (Å²) in [5, 5.41) is 23.9. The molecule has 13 heteroatoms. The highest BCUT2D eigenvalue weighted by atomic mass is 32.1. The molecule has 10 rings (SSSR count). The molecule has 1 aromatic carbocycles. The third-order valence-corrected chi connectivity index (χ3v) is 15.3. The number of carboxylic acids is 1. The summed E-state index contributed by atoms with van der Waals surface area (Å²) >= 11 is 1.58. The molecule has 3 aromatic heterocycles. The fourth-order valence-corrected chi connectivity index (χ4v) is 13.2. The largest absolute Gasteiger partial charge is 0.476 e. The Bertz CT molecular complexity index is 2290. The van der Waals surface area contributed by atoms with Crippen LogP contribution in [0.5, 0.6) is 0 Å². The molecule has 6 aliphatic rings. The number of aromatic carboxylic acids is 1. The SMILES string of the molecule is CC(=NCC1CC2(C)CC3(C)CC1CC(OCCN1CCCCCC1)(C2)C3)C(=CN)c1ccc(N2CCCc3c2nnc(Nc2nc4ccccc4s2)c3C)nc1C(=O)O. The molecule has 1 saturated heterocycles. The average Bonchev–Trinajstić information content (AvgIpc) is 3.35. The molecule has 4 aliphatic carbocycles. The third kappa shape index (κ3) is 8.16. The first kappa shape index (κ1) is 40.9. The number of rotatable bonds is 12. The highest BCUT2D eigenvalue weighted by molar-refractivity contribution is 7.22. The monoisotopic (exact) mass is 831 g/mol. The fraction of sp³-hybridized carbons (Fsp3) is 0.574. The first-order valence-electron chi connectivity index (χ1n) is 22.2. The highest BCUT2D eigenvalue weighted by Gasteiger charge is 2.60. The number of para-hydroxylation sites is 1. The summed E-state index contributed by atoms with van der Waals surface area (Å²) in [6.07, 6.45) is 15.5. The molecule has 4 bridgehead atoms. The third-order valence-electron chi connectivity index (χ3n) is 14.4. The molecule has 4 N–H and O–H groups in total. The zero-order chi connectivity index (χ0) is 41.6. The summed E-state index contributed by atoms with van der Waals surface area (Å²) in [7, 11) is 0. The van der Waals surface area contributed by atoms with Gasteiger partial charge >= 0.3 is 5.97 Å². The maximum absolute atomic E-state index is 12.9. The van der Waals surface area contributed by atoms with E-state index in [9.17, 15) is 9.90 Å². The van der Waals surface area contributed by atoms with E-state index in [4.69, 9.17) is 25.4 Å². The van der Waals surface area contributed by atoms with Gasteiger partial charge < -0.3 is 30.7 Å². The first-order chi connectivity index (χ1) is 28.9. The Morgan fingerprint density at radius 3 is 2.55 bits per heavy atom. The minimum absolute atomic E-state index is 0.0500. The maximum Gasteiger partial charge on any atom is 0.355 e. The number of ether oxygens (including phenoxy) is 1. The Labute approximate surface area is 358 Å². The Balaban J connectivity index is 0.915. The van der Waals surface area contributed by atoms with Crippen LogP contribution >= 0.6 is 11.3 Å². The van der Waals surface area contributed by atoms with E-state index in [0.29, 0.717) is 53.5 Å². The summed E-state index contributed by atoms with van der Waals surface area (Å²) in [5.74, 6) is 1.72. The van der Waals surface area contributed by atoms with Crippen molar-refractivity contribution in [3.8, 4) is 0 Å². The minimum Gasteiger partial charge on any atom is -0.476 e. The van der Waals surface area contributed by atoms with Crippen LogP contribution in [0.15, 0.2) is 47.6 Å². The number of hydrogen-bond acceptors (Lipinski definition) is 12. The second kappa shape index (κ2) is 16.4. The van der Waals surface area contributed by atoms with Crippen molar-refractivity contribution < 1.29 is 14.6 Å². The van der Waals surface area contributed by atoms with Crippen LogP contribution < -0.4 is 16.0 Å². The zero-order valence-electron chi connectivity index (χ0n) is 35.8. The summed E-state index contributed by atoms with van der Waals surface area (Å²) in [4.78, 5) is 32.2. The second-order valence-corrected chi connectivity index (χ2v) is 20.3. The minimum atomic E-state index is -1.12. The molecular formula is C47H61N9O3S. The molecule has 5 atom stereocenters. The number of allylic oxidation sites excluding steroid dienone is 1. The standard InChI is InChI=1S/C47H61N9O3S/c1-30-34-12-11-19-56(42(34)54-53-41(30)52-44-50-37-13-7-8-14-38(37)60-44)39-16-15-35(40(51-39)43(57)58)36(25-48)31(2)49-26-33-23-46(4)27-45(3)22-32(33)24-47(28-45,29-46)59-21-20-55-17-9-5-6-10-18-55/h7-8,13-16,25,32-33H,5-6,9-12,17-24,26-29,48H2,1-4H3,(H,57,58)(H,50,52,53). The quantitative estimate of drug-likeness (QED) is 0.117. The zero-order valence-corrected chi connectivity index (χ0v) is 36.6. The lowest BCUT2D eigenvalue weighted by atomic mass is 9.53. The lowest BCUT2D eigenvalue weighted by Crippen LogP contribution is -2.53. The highest BCUT2D eigenvalue weighted by Crippen LogP contribution is 2.66. The van der Waals surface area contributed by atoms with Crippen LogP contribution in [0.25, 0.3) is 15.8 Å². The molecule has 2 aliphatic heterocycles. The Morgan fingerprint density at radius 1 is 1.00 bits per heavy atom. The lowest BCUT2D eigenvalue weighted by molar-refractivity contribution is -0.165. The molecule has 5 fully saturated rings. The van der Waals surface area contributed by atoms with Crippen LogP contribution in [0.1, 0.15) is 119 Å². The van der Waals surface area contributed by atoms with E-state index in [-0.39, 0.29) is 22.1 Å². The van der Waals surface area contributed by atoms with Gasteiger partial charge in [0.2, 0.25) is 0 Å². The van der Waals surface area contributed by atoms with Crippen LogP contribution in [0.2, 0.25) is 0 Å². The normalized spacial score (nSPS) is 28.4. The Hall–Kier alpha value is -4.46. The van der Waals surface area contributed by atoms with Gasteiger partial charge in [-0.3, -0.25) is 4.99 Å². The van der Waals surface area contributed by atoms with Crippen LogP contribution in [0.3, 0.4) is 0 Å². The van der Waals surface area contributed by atoms with Crippen LogP contribution in [0.4, 0.5) is 22.6 Å². The Kier molecular flexibility index (Phi) is 11.2. The summed E-state index contributed by atoms with van der Waals surface area (Å²) < 4.78 is 8.15. The van der Waals surface area contributed by atoms with E-state index < -0.39 is 5.97 Å². The molecule has 5 unspecified atom stereocenters. The number of carboxylic acid groups (broad SMARTS) is 1. The van der Waals surface area contributed by atoms with Gasteiger partial charge in [0, 0.05) is 53.8 Å². The number of likely N-dealkylation sites (tertiary alicyclic amines) is 1. The number of nitrogens with two attached hydrogens (primary N) is 1. The number of nitrogens with one attached hydrogen (secondary N) is 1. The molecular weight excluding hydrogens is 771 g/mol. The summed E-state index contributed by atoms with van der Waals surface area (Å²) in [6, 6.07) is 11.7. The van der Waals surface area contributed by atoms with Crippen molar-refractivity contribution in [1.82, 2.24) is 25.1 Å². The van der Waals surface area contributed by atoms with E-state index in [2.05, 4.69) is 40.3 Å². The van der Waals surface area contributed by atoms with Crippen molar-refractivity contribution in [3.63, 3.8) is 0 Å². The Morgan fingerprint density at radius 2 is 1.78 bits per heavy atom. The predicted octanol–water partition coefficient (Wildman–Crippen LogP) is 9.33. The molecule has 0 spiro atoms. The number of anilines is 4. The number of hydrogen-bond donors (Lipinski definition) is 3. The van der Waals surface area contributed by atoms with E-state index in [0.717, 1.165) is 77.4 Å². The van der Waals surface area contributed by atoms with Gasteiger partial charge in [0.25, 0.3) is 0 Å². The van der Waals surface area contributed by atoms with Crippen molar-refractivity contribution in [2.75, 3.05) is 49.5 Å².